The fourth-order valence-electron chi connectivity index (χ4n) is 2.05. The largest absolute Gasteiger partial charge is 0.494 e. The molecule has 1 heterocycles. The first-order valence-corrected chi connectivity index (χ1v) is 7.72. The summed E-state index contributed by atoms with van der Waals surface area (Å²) in [6, 6.07) is 13.0. The maximum absolute atomic E-state index is 5.49. The average molecular weight is 275 g/mol. The molecule has 0 radical (unpaired) electrons. The van der Waals surface area contributed by atoms with Crippen LogP contribution < -0.4 is 10.1 Å². The van der Waals surface area contributed by atoms with Crippen molar-refractivity contribution in [2.24, 2.45) is 0 Å². The summed E-state index contributed by atoms with van der Waals surface area (Å²) in [5, 5.41) is 5.74. The summed E-state index contributed by atoms with van der Waals surface area (Å²) in [6.07, 6.45) is 1.14. The normalized spacial score (nSPS) is 12.3. The Bertz CT molecular complexity index is 464. The molecule has 0 fully saturated rings. The Kier molecular flexibility index (Phi) is 5.43. The van der Waals surface area contributed by atoms with Gasteiger partial charge in [-0.05, 0) is 49.0 Å². The number of hydrogen-bond donors (Lipinski definition) is 1. The highest BCUT2D eigenvalue weighted by molar-refractivity contribution is 7.10. The molecule has 2 nitrogen and oxygen atoms in total. The Morgan fingerprint density at radius 2 is 1.95 bits per heavy atom. The Morgan fingerprint density at radius 3 is 2.53 bits per heavy atom. The molecule has 1 atom stereocenters. The minimum atomic E-state index is 0.288. The molecule has 0 spiro atoms. The van der Waals surface area contributed by atoms with E-state index in [-0.39, 0.29) is 6.04 Å². The molecule has 19 heavy (non-hydrogen) atoms. The lowest BCUT2D eigenvalue weighted by atomic mass is 10.1. The molecule has 0 aliphatic carbocycles. The number of benzene rings is 1. The van der Waals surface area contributed by atoms with Crippen molar-refractivity contribution in [1.29, 1.82) is 0 Å². The molecule has 1 N–H and O–H groups in total. The summed E-state index contributed by atoms with van der Waals surface area (Å²) in [7, 11) is 0. The third kappa shape index (κ3) is 3.82. The second-order valence-electron chi connectivity index (χ2n) is 4.40. The molecule has 0 saturated carbocycles. The number of rotatable bonds is 7. The van der Waals surface area contributed by atoms with Crippen LogP contribution in [-0.4, -0.2) is 13.2 Å². The van der Waals surface area contributed by atoms with Gasteiger partial charge in [0.2, 0.25) is 0 Å². The zero-order chi connectivity index (χ0) is 13.5. The molecule has 0 amide bonds. The van der Waals surface area contributed by atoms with E-state index in [1.165, 1.54) is 10.4 Å². The van der Waals surface area contributed by atoms with Crippen LogP contribution in [0.2, 0.25) is 0 Å². The summed E-state index contributed by atoms with van der Waals surface area (Å²) in [5.41, 5.74) is 1.29. The van der Waals surface area contributed by atoms with Gasteiger partial charge in [-0.15, -0.1) is 11.3 Å². The summed E-state index contributed by atoms with van der Waals surface area (Å²) in [5.74, 6) is 0.937. The topological polar surface area (TPSA) is 21.3 Å². The molecule has 0 bridgehead atoms. The Morgan fingerprint density at radius 1 is 1.16 bits per heavy atom. The van der Waals surface area contributed by atoms with Crippen molar-refractivity contribution in [3.63, 3.8) is 0 Å². The van der Waals surface area contributed by atoms with Crippen molar-refractivity contribution in [1.82, 2.24) is 5.32 Å². The van der Waals surface area contributed by atoms with E-state index >= 15 is 0 Å². The van der Waals surface area contributed by atoms with Crippen LogP contribution in [0.5, 0.6) is 5.75 Å². The van der Waals surface area contributed by atoms with Gasteiger partial charge in [0, 0.05) is 4.88 Å². The van der Waals surface area contributed by atoms with Crippen LogP contribution in [-0.2, 0) is 0 Å². The number of thiophene rings is 1. The second kappa shape index (κ2) is 7.31. The second-order valence-corrected chi connectivity index (χ2v) is 5.38. The van der Waals surface area contributed by atoms with Gasteiger partial charge < -0.3 is 10.1 Å². The van der Waals surface area contributed by atoms with E-state index in [2.05, 4.69) is 41.9 Å². The fraction of sp³-hybridized carbons (Fsp3) is 0.375. The fourth-order valence-corrected chi connectivity index (χ4v) is 2.88. The highest BCUT2D eigenvalue weighted by Crippen LogP contribution is 2.27. The van der Waals surface area contributed by atoms with Gasteiger partial charge in [-0.1, -0.05) is 25.1 Å². The lowest BCUT2D eigenvalue weighted by Crippen LogP contribution is -2.22. The molecule has 2 aromatic rings. The summed E-state index contributed by atoms with van der Waals surface area (Å²) in [6.45, 7) is 5.93. The number of nitrogens with one attached hydrogen (secondary N) is 1. The van der Waals surface area contributed by atoms with Crippen LogP contribution in [0.25, 0.3) is 0 Å². The first-order chi connectivity index (χ1) is 9.35. The van der Waals surface area contributed by atoms with E-state index in [0.717, 1.165) is 18.7 Å². The first-order valence-electron chi connectivity index (χ1n) is 6.84. The van der Waals surface area contributed by atoms with Crippen LogP contribution >= 0.6 is 11.3 Å². The predicted octanol–water partition coefficient (Wildman–Crippen LogP) is 4.24. The maximum Gasteiger partial charge on any atom is 0.119 e. The van der Waals surface area contributed by atoms with Gasteiger partial charge in [0.15, 0.2) is 0 Å². The smallest absolute Gasteiger partial charge is 0.119 e. The predicted molar refractivity (Wildman–Crippen MR) is 82.1 cm³/mol. The Labute approximate surface area is 119 Å². The lowest BCUT2D eigenvalue weighted by molar-refractivity contribution is 0.340. The van der Waals surface area contributed by atoms with E-state index in [1.54, 1.807) is 11.3 Å². The van der Waals surface area contributed by atoms with Crippen molar-refractivity contribution < 1.29 is 4.74 Å². The van der Waals surface area contributed by atoms with Gasteiger partial charge >= 0.3 is 0 Å². The van der Waals surface area contributed by atoms with Crippen LogP contribution in [0.1, 0.15) is 36.8 Å². The van der Waals surface area contributed by atoms with Crippen LogP contribution in [0, 0.1) is 0 Å². The van der Waals surface area contributed by atoms with Gasteiger partial charge in [-0.3, -0.25) is 0 Å². The molecule has 2 rings (SSSR count). The Hall–Kier alpha value is -1.32. The maximum atomic E-state index is 5.49. The number of ether oxygens (including phenoxy) is 1. The molecule has 102 valence electrons. The van der Waals surface area contributed by atoms with E-state index in [9.17, 15) is 0 Å². The van der Waals surface area contributed by atoms with Gasteiger partial charge in [-0.25, -0.2) is 0 Å². The zero-order valence-corrected chi connectivity index (χ0v) is 12.4. The number of hydrogen-bond acceptors (Lipinski definition) is 3. The molecular weight excluding hydrogens is 254 g/mol. The first kappa shape index (κ1) is 14.1. The molecule has 0 saturated heterocycles. The van der Waals surface area contributed by atoms with E-state index in [1.807, 2.05) is 19.1 Å². The van der Waals surface area contributed by atoms with Crippen LogP contribution in [0.3, 0.4) is 0 Å². The molecular formula is C16H21NOS. The SMILES string of the molecule is CCCNC(c1ccc(OCC)cc1)c1cccs1. The van der Waals surface area contributed by atoms with Crippen molar-refractivity contribution in [3.05, 3.63) is 52.2 Å². The third-order valence-corrected chi connectivity index (χ3v) is 3.89. The van der Waals surface area contributed by atoms with Crippen molar-refractivity contribution >= 4 is 11.3 Å². The monoisotopic (exact) mass is 275 g/mol. The molecule has 0 aliphatic heterocycles. The standard InChI is InChI=1S/C16H21NOS/c1-3-11-17-16(15-6-5-12-19-15)13-7-9-14(10-8-13)18-4-2/h5-10,12,16-17H,3-4,11H2,1-2H3. The van der Waals surface area contributed by atoms with Crippen LogP contribution in [0.4, 0.5) is 0 Å². The molecule has 0 aliphatic rings. The summed E-state index contributed by atoms with van der Waals surface area (Å²) >= 11 is 1.80. The average Bonchev–Trinajstić information content (AvgIpc) is 2.95. The minimum absolute atomic E-state index is 0.288. The Balaban J connectivity index is 2.17. The minimum Gasteiger partial charge on any atom is -0.494 e. The van der Waals surface area contributed by atoms with Crippen molar-refractivity contribution in [3.8, 4) is 5.75 Å². The highest BCUT2D eigenvalue weighted by Gasteiger charge is 2.14. The zero-order valence-electron chi connectivity index (χ0n) is 11.6. The summed E-state index contributed by atoms with van der Waals surface area (Å²) < 4.78 is 5.49. The van der Waals surface area contributed by atoms with E-state index < -0.39 is 0 Å². The quantitative estimate of drug-likeness (QED) is 0.816. The lowest BCUT2D eigenvalue weighted by Gasteiger charge is -2.18. The van der Waals surface area contributed by atoms with Crippen molar-refractivity contribution in [2.75, 3.05) is 13.2 Å². The molecule has 1 aromatic heterocycles. The third-order valence-electron chi connectivity index (χ3n) is 2.95. The van der Waals surface area contributed by atoms with Gasteiger partial charge in [0.25, 0.3) is 0 Å². The summed E-state index contributed by atoms with van der Waals surface area (Å²) in [4.78, 5) is 1.36. The molecule has 3 heteroatoms. The van der Waals surface area contributed by atoms with Gasteiger partial charge in [-0.2, -0.15) is 0 Å². The molecule has 1 aromatic carbocycles. The van der Waals surface area contributed by atoms with Gasteiger partial charge in [0.1, 0.15) is 5.75 Å². The van der Waals surface area contributed by atoms with Crippen molar-refractivity contribution in [2.45, 2.75) is 26.3 Å². The van der Waals surface area contributed by atoms with E-state index in [0.29, 0.717) is 6.61 Å². The highest BCUT2D eigenvalue weighted by atomic mass is 32.1. The van der Waals surface area contributed by atoms with Gasteiger partial charge in [0.05, 0.1) is 12.6 Å². The van der Waals surface area contributed by atoms with Crippen LogP contribution in [0.15, 0.2) is 41.8 Å². The molecule has 1 unspecified atom stereocenters. The van der Waals surface area contributed by atoms with E-state index in [4.69, 9.17) is 4.74 Å².